The maximum Gasteiger partial charge on any atom is 0.320 e. The second-order valence-electron chi connectivity index (χ2n) is 4.09. The Kier molecular flexibility index (Phi) is 11.6. The second-order valence-corrected chi connectivity index (χ2v) is 6.39. The van der Waals surface area contributed by atoms with Gasteiger partial charge in [0.25, 0.3) is 0 Å². The van der Waals surface area contributed by atoms with Crippen LogP contribution in [0.4, 0.5) is 0 Å². The van der Waals surface area contributed by atoms with E-state index in [1.54, 1.807) is 23.5 Å². The molecule has 0 rings (SSSR count). The molecule has 0 radical (unpaired) electrons. The Morgan fingerprint density at radius 1 is 0.900 bits per heavy atom. The number of thioether (sulfide) groups is 2. The van der Waals surface area contributed by atoms with E-state index in [-0.39, 0.29) is 0 Å². The molecule has 0 aliphatic heterocycles. The predicted molar refractivity (Wildman–Crippen MR) is 84.2 cm³/mol. The molecule has 0 aliphatic rings. The second kappa shape index (κ2) is 12.1. The van der Waals surface area contributed by atoms with Crippen molar-refractivity contribution in [3.05, 3.63) is 12.2 Å². The van der Waals surface area contributed by atoms with Crippen molar-refractivity contribution in [1.82, 2.24) is 0 Å². The Morgan fingerprint density at radius 2 is 1.25 bits per heavy atom. The summed E-state index contributed by atoms with van der Waals surface area (Å²) in [5, 5.41) is 17.2. The zero-order valence-corrected chi connectivity index (χ0v) is 12.9. The Labute approximate surface area is 127 Å². The van der Waals surface area contributed by atoms with Crippen molar-refractivity contribution in [2.24, 2.45) is 11.5 Å². The highest BCUT2D eigenvalue weighted by atomic mass is 32.2. The van der Waals surface area contributed by atoms with E-state index >= 15 is 0 Å². The molecular weight excluding hydrogens is 300 g/mol. The molecule has 6 N–H and O–H groups in total. The van der Waals surface area contributed by atoms with Crippen LogP contribution in [-0.4, -0.2) is 57.2 Å². The standard InChI is InChI=1S/C12H22N2O4S2/c13-9(11(15)16)3-7-19-5-1-2-6-20-8-4-10(14)12(17)18/h1-2,9-10H,3-8,13-14H2,(H,15,16)(H,17,18)/b2-1+/t9-,10-/m0/s1. The smallest absolute Gasteiger partial charge is 0.320 e. The van der Waals surface area contributed by atoms with E-state index in [0.717, 1.165) is 23.0 Å². The maximum atomic E-state index is 10.5. The van der Waals surface area contributed by atoms with E-state index < -0.39 is 24.0 Å². The van der Waals surface area contributed by atoms with Gasteiger partial charge in [0.15, 0.2) is 0 Å². The molecular formula is C12H22N2O4S2. The monoisotopic (exact) mass is 322 g/mol. The SMILES string of the molecule is N[C@@H](CCSC/C=C/CSCC[C@H](N)C(=O)O)C(=O)O. The highest BCUT2D eigenvalue weighted by Crippen LogP contribution is 2.07. The van der Waals surface area contributed by atoms with E-state index in [2.05, 4.69) is 0 Å². The molecule has 0 spiro atoms. The van der Waals surface area contributed by atoms with Gasteiger partial charge in [-0.05, 0) is 24.3 Å². The van der Waals surface area contributed by atoms with Crippen LogP contribution in [0.5, 0.6) is 0 Å². The fourth-order valence-corrected chi connectivity index (χ4v) is 2.83. The van der Waals surface area contributed by atoms with Crippen molar-refractivity contribution in [1.29, 1.82) is 0 Å². The topological polar surface area (TPSA) is 127 Å². The van der Waals surface area contributed by atoms with Crippen molar-refractivity contribution in [2.75, 3.05) is 23.0 Å². The molecule has 0 bridgehead atoms. The third-order valence-electron chi connectivity index (χ3n) is 2.38. The predicted octanol–water partition coefficient (Wildman–Crippen LogP) is 0.613. The maximum absolute atomic E-state index is 10.5. The van der Waals surface area contributed by atoms with Gasteiger partial charge in [-0.15, -0.1) is 0 Å². The van der Waals surface area contributed by atoms with E-state index in [9.17, 15) is 9.59 Å². The first-order valence-corrected chi connectivity index (χ1v) is 8.53. The van der Waals surface area contributed by atoms with Crippen LogP contribution in [0.3, 0.4) is 0 Å². The Morgan fingerprint density at radius 3 is 1.55 bits per heavy atom. The summed E-state index contributed by atoms with van der Waals surface area (Å²) in [6, 6.07) is -1.55. The Balaban J connectivity index is 3.37. The lowest BCUT2D eigenvalue weighted by atomic mass is 10.2. The van der Waals surface area contributed by atoms with Crippen LogP contribution in [0.1, 0.15) is 12.8 Å². The number of nitrogens with two attached hydrogens (primary N) is 2. The zero-order chi connectivity index (χ0) is 15.4. The van der Waals surface area contributed by atoms with Crippen LogP contribution < -0.4 is 11.5 Å². The molecule has 0 fully saturated rings. The van der Waals surface area contributed by atoms with Crippen molar-refractivity contribution >= 4 is 35.5 Å². The largest absolute Gasteiger partial charge is 0.480 e. The van der Waals surface area contributed by atoms with Crippen molar-refractivity contribution < 1.29 is 19.8 Å². The fourth-order valence-electron chi connectivity index (χ4n) is 1.11. The van der Waals surface area contributed by atoms with E-state index in [1.165, 1.54) is 0 Å². The third-order valence-corrected chi connectivity index (χ3v) is 4.28. The normalized spacial score (nSPS) is 14.3. The van der Waals surface area contributed by atoms with Gasteiger partial charge in [0.1, 0.15) is 12.1 Å². The summed E-state index contributed by atoms with van der Waals surface area (Å²) < 4.78 is 0. The summed E-state index contributed by atoms with van der Waals surface area (Å²) >= 11 is 3.27. The van der Waals surface area contributed by atoms with Gasteiger partial charge >= 0.3 is 11.9 Å². The summed E-state index contributed by atoms with van der Waals surface area (Å²) in [6.45, 7) is 0. The summed E-state index contributed by atoms with van der Waals surface area (Å²) in [6.07, 6.45) is 4.97. The first-order valence-electron chi connectivity index (χ1n) is 6.22. The van der Waals surface area contributed by atoms with Crippen LogP contribution >= 0.6 is 23.5 Å². The average molecular weight is 322 g/mol. The molecule has 6 nitrogen and oxygen atoms in total. The van der Waals surface area contributed by atoms with Crippen LogP contribution in [0.2, 0.25) is 0 Å². The minimum absolute atomic E-state index is 0.468. The Hall–Kier alpha value is -0.700. The van der Waals surface area contributed by atoms with E-state index in [4.69, 9.17) is 21.7 Å². The molecule has 20 heavy (non-hydrogen) atoms. The lowest BCUT2D eigenvalue weighted by molar-refractivity contribution is -0.139. The van der Waals surface area contributed by atoms with Gasteiger partial charge in [-0.3, -0.25) is 9.59 Å². The number of carboxylic acids is 2. The van der Waals surface area contributed by atoms with Crippen molar-refractivity contribution in [3.8, 4) is 0 Å². The fraction of sp³-hybridized carbons (Fsp3) is 0.667. The van der Waals surface area contributed by atoms with Crippen LogP contribution in [0.25, 0.3) is 0 Å². The minimum atomic E-state index is -0.961. The molecule has 0 aliphatic carbocycles. The molecule has 0 saturated heterocycles. The quantitative estimate of drug-likeness (QED) is 0.304. The first kappa shape index (κ1) is 19.3. The number of carbonyl (C=O) groups is 2. The number of hydrogen-bond donors (Lipinski definition) is 4. The van der Waals surface area contributed by atoms with Crippen molar-refractivity contribution in [2.45, 2.75) is 24.9 Å². The highest BCUT2D eigenvalue weighted by Gasteiger charge is 2.10. The van der Waals surface area contributed by atoms with E-state index in [0.29, 0.717) is 12.8 Å². The number of rotatable bonds is 12. The van der Waals surface area contributed by atoms with Gasteiger partial charge in [0.05, 0.1) is 0 Å². The van der Waals surface area contributed by atoms with Gasteiger partial charge in [-0.1, -0.05) is 12.2 Å². The molecule has 0 heterocycles. The molecule has 2 atom stereocenters. The number of aliphatic carboxylic acids is 2. The number of carboxylic acid groups (broad SMARTS) is 2. The molecule has 8 heteroatoms. The molecule has 0 aromatic carbocycles. The first-order chi connectivity index (χ1) is 9.45. The van der Waals surface area contributed by atoms with Crippen LogP contribution in [0, 0.1) is 0 Å². The zero-order valence-electron chi connectivity index (χ0n) is 11.2. The molecule has 0 amide bonds. The van der Waals surface area contributed by atoms with Crippen molar-refractivity contribution in [3.63, 3.8) is 0 Å². The molecule has 116 valence electrons. The number of hydrogen-bond acceptors (Lipinski definition) is 6. The van der Waals surface area contributed by atoms with Crippen LogP contribution in [-0.2, 0) is 9.59 Å². The summed E-state index contributed by atoms with van der Waals surface area (Å²) in [5.41, 5.74) is 10.7. The third kappa shape index (κ3) is 11.2. The lowest BCUT2D eigenvalue weighted by Gasteiger charge is -2.04. The Bertz CT molecular complexity index is 297. The summed E-state index contributed by atoms with van der Waals surface area (Å²) in [7, 11) is 0. The van der Waals surface area contributed by atoms with Gasteiger partial charge in [-0.25, -0.2) is 0 Å². The molecule has 0 saturated carbocycles. The van der Waals surface area contributed by atoms with Gasteiger partial charge in [0.2, 0.25) is 0 Å². The minimum Gasteiger partial charge on any atom is -0.480 e. The highest BCUT2D eigenvalue weighted by molar-refractivity contribution is 7.99. The molecule has 0 aromatic heterocycles. The molecule has 0 unspecified atom stereocenters. The summed E-state index contributed by atoms with van der Waals surface area (Å²) in [4.78, 5) is 20.9. The van der Waals surface area contributed by atoms with Gasteiger partial charge < -0.3 is 21.7 Å². The summed E-state index contributed by atoms with van der Waals surface area (Å²) in [5.74, 6) is 1.16. The van der Waals surface area contributed by atoms with Gasteiger partial charge in [0, 0.05) is 11.5 Å². The van der Waals surface area contributed by atoms with Crippen LogP contribution in [0.15, 0.2) is 12.2 Å². The average Bonchev–Trinajstić information content (AvgIpc) is 2.39. The van der Waals surface area contributed by atoms with E-state index in [1.807, 2.05) is 12.2 Å². The molecule has 0 aromatic rings. The lowest BCUT2D eigenvalue weighted by Crippen LogP contribution is -2.30. The van der Waals surface area contributed by atoms with Gasteiger partial charge in [-0.2, -0.15) is 23.5 Å².